The second kappa shape index (κ2) is 11.6. The molecular weight excluding hydrogens is 375 g/mol. The SMILES string of the molecule is C=CCNC(=NC)NCc1cccc(CN(C)CC)c1.I. The molecule has 4 nitrogen and oxygen atoms in total. The molecule has 0 fully saturated rings. The van der Waals surface area contributed by atoms with Crippen molar-refractivity contribution in [3.63, 3.8) is 0 Å². The Labute approximate surface area is 145 Å². The summed E-state index contributed by atoms with van der Waals surface area (Å²) in [5.41, 5.74) is 2.59. The molecule has 1 aromatic rings. The van der Waals surface area contributed by atoms with Gasteiger partial charge in [0.15, 0.2) is 5.96 Å². The van der Waals surface area contributed by atoms with E-state index in [-0.39, 0.29) is 24.0 Å². The second-order valence-electron chi connectivity index (χ2n) is 4.75. The van der Waals surface area contributed by atoms with Crippen LogP contribution in [0.15, 0.2) is 41.9 Å². The molecule has 0 amide bonds. The van der Waals surface area contributed by atoms with Crippen molar-refractivity contribution in [2.45, 2.75) is 20.0 Å². The van der Waals surface area contributed by atoms with Crippen LogP contribution in [0.2, 0.25) is 0 Å². The lowest BCUT2D eigenvalue weighted by Crippen LogP contribution is -2.36. The number of benzene rings is 1. The predicted octanol–water partition coefficient (Wildman–Crippen LogP) is 2.61. The third kappa shape index (κ3) is 8.06. The molecule has 21 heavy (non-hydrogen) atoms. The van der Waals surface area contributed by atoms with Crippen LogP contribution in [0.1, 0.15) is 18.1 Å². The molecule has 0 heterocycles. The minimum Gasteiger partial charge on any atom is -0.353 e. The molecule has 0 aromatic heterocycles. The van der Waals surface area contributed by atoms with Gasteiger partial charge in [0.25, 0.3) is 0 Å². The van der Waals surface area contributed by atoms with Gasteiger partial charge >= 0.3 is 0 Å². The van der Waals surface area contributed by atoms with E-state index in [0.29, 0.717) is 6.54 Å². The highest BCUT2D eigenvalue weighted by Crippen LogP contribution is 2.07. The summed E-state index contributed by atoms with van der Waals surface area (Å²) in [6.45, 7) is 9.36. The first-order chi connectivity index (χ1) is 9.69. The van der Waals surface area contributed by atoms with Crippen LogP contribution in [0, 0.1) is 0 Å². The lowest BCUT2D eigenvalue weighted by molar-refractivity contribution is 0.345. The van der Waals surface area contributed by atoms with E-state index >= 15 is 0 Å². The average molecular weight is 402 g/mol. The second-order valence-corrected chi connectivity index (χ2v) is 4.75. The van der Waals surface area contributed by atoms with E-state index in [1.807, 2.05) is 6.08 Å². The van der Waals surface area contributed by atoms with Gasteiger partial charge in [0.1, 0.15) is 0 Å². The maximum absolute atomic E-state index is 4.16. The maximum atomic E-state index is 4.16. The van der Waals surface area contributed by atoms with Crippen molar-refractivity contribution >= 4 is 29.9 Å². The Kier molecular flexibility index (Phi) is 11.0. The van der Waals surface area contributed by atoms with Gasteiger partial charge in [-0.3, -0.25) is 4.99 Å². The zero-order chi connectivity index (χ0) is 14.8. The monoisotopic (exact) mass is 402 g/mol. The number of aliphatic imine (C=N–C) groups is 1. The van der Waals surface area contributed by atoms with Crippen LogP contribution in [-0.2, 0) is 13.1 Å². The highest BCUT2D eigenvalue weighted by molar-refractivity contribution is 14.0. The fourth-order valence-electron chi connectivity index (χ4n) is 1.84. The van der Waals surface area contributed by atoms with Crippen LogP contribution in [0.4, 0.5) is 0 Å². The van der Waals surface area contributed by atoms with Gasteiger partial charge in [-0.2, -0.15) is 0 Å². The van der Waals surface area contributed by atoms with Crippen LogP contribution in [0.25, 0.3) is 0 Å². The molecule has 2 N–H and O–H groups in total. The first-order valence-electron chi connectivity index (χ1n) is 7.01. The minimum atomic E-state index is 0. The Morgan fingerprint density at radius 3 is 2.67 bits per heavy atom. The quantitative estimate of drug-likeness (QED) is 0.319. The van der Waals surface area contributed by atoms with E-state index < -0.39 is 0 Å². The molecule has 0 saturated carbocycles. The summed E-state index contributed by atoms with van der Waals surface area (Å²) < 4.78 is 0. The Bertz CT molecular complexity index is 446. The summed E-state index contributed by atoms with van der Waals surface area (Å²) >= 11 is 0. The van der Waals surface area contributed by atoms with Crippen molar-refractivity contribution in [2.75, 3.05) is 27.2 Å². The topological polar surface area (TPSA) is 39.7 Å². The molecule has 0 spiro atoms. The number of hydrogen-bond acceptors (Lipinski definition) is 2. The fraction of sp³-hybridized carbons (Fsp3) is 0.438. The number of hydrogen-bond donors (Lipinski definition) is 2. The van der Waals surface area contributed by atoms with Gasteiger partial charge < -0.3 is 15.5 Å². The summed E-state index contributed by atoms with van der Waals surface area (Å²) in [4.78, 5) is 6.45. The predicted molar refractivity (Wildman–Crippen MR) is 102 cm³/mol. The third-order valence-electron chi connectivity index (χ3n) is 3.08. The molecule has 0 radical (unpaired) electrons. The Morgan fingerprint density at radius 2 is 2.05 bits per heavy atom. The van der Waals surface area contributed by atoms with Crippen molar-refractivity contribution in [3.8, 4) is 0 Å². The van der Waals surface area contributed by atoms with Crippen LogP contribution < -0.4 is 10.6 Å². The number of nitrogens with one attached hydrogen (secondary N) is 2. The molecule has 0 bridgehead atoms. The van der Waals surface area contributed by atoms with Crippen molar-refractivity contribution in [3.05, 3.63) is 48.0 Å². The fourth-order valence-corrected chi connectivity index (χ4v) is 1.84. The van der Waals surface area contributed by atoms with Gasteiger partial charge in [-0.05, 0) is 24.7 Å². The third-order valence-corrected chi connectivity index (χ3v) is 3.08. The number of guanidine groups is 1. The summed E-state index contributed by atoms with van der Waals surface area (Å²) in [5, 5.41) is 6.45. The number of halogens is 1. The molecule has 0 aliphatic rings. The molecule has 0 unspecified atom stereocenters. The molecule has 1 aromatic carbocycles. The molecular formula is C16H27IN4. The van der Waals surface area contributed by atoms with Crippen molar-refractivity contribution in [1.82, 2.24) is 15.5 Å². The van der Waals surface area contributed by atoms with Gasteiger partial charge in [0.05, 0.1) is 0 Å². The normalized spacial score (nSPS) is 11.0. The first-order valence-corrected chi connectivity index (χ1v) is 7.01. The zero-order valence-electron chi connectivity index (χ0n) is 13.2. The largest absolute Gasteiger partial charge is 0.353 e. The zero-order valence-corrected chi connectivity index (χ0v) is 15.6. The van der Waals surface area contributed by atoms with E-state index in [1.165, 1.54) is 11.1 Å². The van der Waals surface area contributed by atoms with E-state index in [2.05, 4.69) is 65.3 Å². The van der Waals surface area contributed by atoms with Crippen LogP contribution >= 0.6 is 24.0 Å². The average Bonchev–Trinajstić information content (AvgIpc) is 2.47. The van der Waals surface area contributed by atoms with Crippen LogP contribution in [-0.4, -0.2) is 38.0 Å². The van der Waals surface area contributed by atoms with Crippen molar-refractivity contribution in [1.29, 1.82) is 0 Å². The van der Waals surface area contributed by atoms with Gasteiger partial charge in [-0.25, -0.2) is 0 Å². The summed E-state index contributed by atoms with van der Waals surface area (Å²) in [6, 6.07) is 8.64. The van der Waals surface area contributed by atoms with Gasteiger partial charge in [0, 0.05) is 26.7 Å². The van der Waals surface area contributed by atoms with Gasteiger partial charge in [-0.15, -0.1) is 30.6 Å². The Morgan fingerprint density at radius 1 is 1.33 bits per heavy atom. The first kappa shape index (κ1) is 19.9. The standard InChI is InChI=1S/C16H26N4.HI/c1-5-10-18-16(17-3)19-12-14-8-7-9-15(11-14)13-20(4)6-2;/h5,7-9,11H,1,6,10,12-13H2,2-4H3,(H2,17,18,19);1H. The molecule has 0 aliphatic heterocycles. The minimum absolute atomic E-state index is 0. The molecule has 0 aliphatic carbocycles. The van der Waals surface area contributed by atoms with E-state index in [0.717, 1.165) is 25.6 Å². The molecule has 5 heteroatoms. The summed E-state index contributed by atoms with van der Waals surface area (Å²) in [6.07, 6.45) is 1.81. The van der Waals surface area contributed by atoms with E-state index in [4.69, 9.17) is 0 Å². The van der Waals surface area contributed by atoms with Crippen LogP contribution in [0.3, 0.4) is 0 Å². The molecule has 0 atom stereocenters. The van der Waals surface area contributed by atoms with Crippen molar-refractivity contribution < 1.29 is 0 Å². The Hall–Kier alpha value is -1.08. The molecule has 1 rings (SSSR count). The molecule has 0 saturated heterocycles. The number of rotatable bonds is 7. The highest BCUT2D eigenvalue weighted by Gasteiger charge is 2.01. The van der Waals surface area contributed by atoms with E-state index in [9.17, 15) is 0 Å². The maximum Gasteiger partial charge on any atom is 0.191 e. The van der Waals surface area contributed by atoms with E-state index in [1.54, 1.807) is 7.05 Å². The molecule has 118 valence electrons. The lowest BCUT2D eigenvalue weighted by Gasteiger charge is -2.15. The highest BCUT2D eigenvalue weighted by atomic mass is 127. The lowest BCUT2D eigenvalue weighted by atomic mass is 10.1. The van der Waals surface area contributed by atoms with Crippen molar-refractivity contribution in [2.24, 2.45) is 4.99 Å². The van der Waals surface area contributed by atoms with Crippen LogP contribution in [0.5, 0.6) is 0 Å². The smallest absolute Gasteiger partial charge is 0.191 e. The van der Waals surface area contributed by atoms with Gasteiger partial charge in [-0.1, -0.05) is 37.3 Å². The summed E-state index contributed by atoms with van der Waals surface area (Å²) in [7, 11) is 3.90. The Balaban J connectivity index is 0.00000400. The number of nitrogens with zero attached hydrogens (tertiary/aromatic N) is 2. The van der Waals surface area contributed by atoms with Gasteiger partial charge in [0.2, 0.25) is 0 Å². The summed E-state index contributed by atoms with van der Waals surface area (Å²) in [5.74, 6) is 0.793.